The van der Waals surface area contributed by atoms with Gasteiger partial charge in [-0.25, -0.2) is 14.0 Å². The van der Waals surface area contributed by atoms with E-state index < -0.39 is 30.0 Å². The molecule has 2 rings (SSSR count). The van der Waals surface area contributed by atoms with Crippen LogP contribution in [-0.4, -0.2) is 45.8 Å². The first-order valence-corrected chi connectivity index (χ1v) is 6.17. The number of aliphatic hydroxyl groups is 1. The van der Waals surface area contributed by atoms with Gasteiger partial charge in [0.1, 0.15) is 11.9 Å². The molecule has 1 aliphatic rings. The van der Waals surface area contributed by atoms with Crippen LogP contribution in [0.15, 0.2) is 24.3 Å². The Morgan fingerprint density at radius 3 is 2.75 bits per heavy atom. The van der Waals surface area contributed by atoms with Crippen LogP contribution in [-0.2, 0) is 11.3 Å². The molecule has 0 aromatic heterocycles. The summed E-state index contributed by atoms with van der Waals surface area (Å²) in [6, 6.07) is 4.31. The maximum absolute atomic E-state index is 13.4. The third kappa shape index (κ3) is 3.05. The lowest BCUT2D eigenvalue weighted by Crippen LogP contribution is -2.46. The zero-order valence-electron chi connectivity index (χ0n) is 10.6. The third-order valence-electron chi connectivity index (χ3n) is 3.21. The van der Waals surface area contributed by atoms with Crippen molar-refractivity contribution in [1.29, 1.82) is 0 Å². The quantitative estimate of drug-likeness (QED) is 0.755. The zero-order chi connectivity index (χ0) is 14.7. The number of carbonyl (C=O) groups excluding carboxylic acids is 1. The highest BCUT2D eigenvalue weighted by molar-refractivity contribution is 5.83. The lowest BCUT2D eigenvalue weighted by molar-refractivity contribution is -0.141. The zero-order valence-corrected chi connectivity index (χ0v) is 10.6. The molecule has 0 unspecified atom stereocenters. The van der Waals surface area contributed by atoms with E-state index in [0.717, 1.165) is 4.90 Å². The lowest BCUT2D eigenvalue weighted by Gasteiger charge is -2.21. The van der Waals surface area contributed by atoms with Crippen LogP contribution in [0, 0.1) is 5.82 Å². The molecule has 0 aliphatic carbocycles. The summed E-state index contributed by atoms with van der Waals surface area (Å²) in [5.74, 6) is -1.60. The first-order chi connectivity index (χ1) is 9.49. The van der Waals surface area contributed by atoms with Crippen LogP contribution in [0.25, 0.3) is 0 Å². The highest BCUT2D eigenvalue weighted by Crippen LogP contribution is 2.18. The number of carbonyl (C=O) groups is 2. The molecular weight excluding hydrogens is 267 g/mol. The van der Waals surface area contributed by atoms with Gasteiger partial charge in [-0.1, -0.05) is 18.2 Å². The molecule has 1 aromatic carbocycles. The number of rotatable bonds is 3. The summed E-state index contributed by atoms with van der Waals surface area (Å²) in [5, 5.41) is 20.9. The smallest absolute Gasteiger partial charge is 0.326 e. The van der Waals surface area contributed by atoms with Gasteiger partial charge in [0, 0.05) is 25.1 Å². The fraction of sp³-hybridized carbons (Fsp3) is 0.385. The predicted molar refractivity (Wildman–Crippen MR) is 67.4 cm³/mol. The number of likely N-dealkylation sites (tertiary alicyclic amines) is 1. The second-order valence-corrected chi connectivity index (χ2v) is 4.65. The van der Waals surface area contributed by atoms with Crippen LogP contribution in [0.5, 0.6) is 0 Å². The van der Waals surface area contributed by atoms with E-state index in [1.54, 1.807) is 6.07 Å². The molecule has 0 saturated carbocycles. The summed E-state index contributed by atoms with van der Waals surface area (Å²) in [6.45, 7) is -0.0789. The monoisotopic (exact) mass is 282 g/mol. The van der Waals surface area contributed by atoms with Gasteiger partial charge in [-0.2, -0.15) is 0 Å². The molecular formula is C13H15FN2O4. The second-order valence-electron chi connectivity index (χ2n) is 4.65. The number of β-amino-alcohol motifs (C(OH)–C–C–N with tert-alkyl or cyclic N) is 1. The fourth-order valence-electron chi connectivity index (χ4n) is 2.19. The van der Waals surface area contributed by atoms with Gasteiger partial charge in [-0.05, 0) is 6.07 Å². The van der Waals surface area contributed by atoms with Crippen molar-refractivity contribution >= 4 is 12.0 Å². The Hall–Kier alpha value is -2.15. The number of carboxylic acid groups (broad SMARTS) is 1. The Morgan fingerprint density at radius 2 is 2.10 bits per heavy atom. The van der Waals surface area contributed by atoms with Gasteiger partial charge in [-0.3, -0.25) is 0 Å². The maximum atomic E-state index is 13.4. The van der Waals surface area contributed by atoms with Crippen LogP contribution >= 0.6 is 0 Å². The topological polar surface area (TPSA) is 89.9 Å². The van der Waals surface area contributed by atoms with Crippen molar-refractivity contribution in [3.8, 4) is 0 Å². The number of hydrogen-bond acceptors (Lipinski definition) is 3. The summed E-state index contributed by atoms with van der Waals surface area (Å²) in [6.07, 6.45) is -0.849. The van der Waals surface area contributed by atoms with Crippen molar-refractivity contribution in [2.45, 2.75) is 25.1 Å². The number of nitrogens with one attached hydrogen (secondary N) is 1. The second kappa shape index (κ2) is 5.87. The molecule has 1 saturated heterocycles. The number of aliphatic carboxylic acids is 1. The van der Waals surface area contributed by atoms with Gasteiger partial charge in [-0.15, -0.1) is 0 Å². The molecule has 20 heavy (non-hydrogen) atoms. The molecule has 108 valence electrons. The molecule has 2 atom stereocenters. The molecule has 1 heterocycles. The van der Waals surface area contributed by atoms with E-state index in [2.05, 4.69) is 5.32 Å². The van der Waals surface area contributed by atoms with Crippen LogP contribution in [0.1, 0.15) is 12.0 Å². The maximum Gasteiger partial charge on any atom is 0.326 e. The van der Waals surface area contributed by atoms with Gasteiger partial charge >= 0.3 is 12.0 Å². The summed E-state index contributed by atoms with van der Waals surface area (Å²) in [7, 11) is 0. The minimum Gasteiger partial charge on any atom is -0.480 e. The van der Waals surface area contributed by atoms with E-state index in [4.69, 9.17) is 5.11 Å². The molecule has 0 spiro atoms. The molecule has 7 heteroatoms. The molecule has 2 amide bonds. The molecule has 1 aliphatic heterocycles. The average Bonchev–Trinajstić information content (AvgIpc) is 2.80. The number of halogens is 1. The Balaban J connectivity index is 1.98. The summed E-state index contributed by atoms with van der Waals surface area (Å²) >= 11 is 0. The van der Waals surface area contributed by atoms with E-state index >= 15 is 0 Å². The van der Waals surface area contributed by atoms with Crippen LogP contribution in [0.3, 0.4) is 0 Å². The molecule has 0 radical (unpaired) electrons. The highest BCUT2D eigenvalue weighted by atomic mass is 19.1. The average molecular weight is 282 g/mol. The number of amides is 2. The molecule has 0 bridgehead atoms. The van der Waals surface area contributed by atoms with Crippen molar-refractivity contribution in [2.75, 3.05) is 6.54 Å². The van der Waals surface area contributed by atoms with Crippen molar-refractivity contribution in [3.05, 3.63) is 35.6 Å². The van der Waals surface area contributed by atoms with Crippen molar-refractivity contribution in [3.63, 3.8) is 0 Å². The number of nitrogens with zero attached hydrogens (tertiary/aromatic N) is 1. The molecule has 3 N–H and O–H groups in total. The van der Waals surface area contributed by atoms with Crippen molar-refractivity contribution < 1.29 is 24.2 Å². The van der Waals surface area contributed by atoms with Gasteiger partial charge in [0.05, 0.1) is 6.10 Å². The Morgan fingerprint density at radius 1 is 1.40 bits per heavy atom. The van der Waals surface area contributed by atoms with E-state index in [1.807, 2.05) is 0 Å². The summed E-state index contributed by atoms with van der Waals surface area (Å²) in [4.78, 5) is 24.0. The lowest BCUT2D eigenvalue weighted by atomic mass is 10.2. The Bertz CT molecular complexity index is 523. The summed E-state index contributed by atoms with van der Waals surface area (Å²) < 4.78 is 13.4. The van der Waals surface area contributed by atoms with Crippen LogP contribution in [0.2, 0.25) is 0 Å². The number of carboxylic acids is 1. The minimum absolute atomic E-state index is 0.00243. The van der Waals surface area contributed by atoms with Crippen molar-refractivity contribution in [1.82, 2.24) is 10.2 Å². The van der Waals surface area contributed by atoms with Gasteiger partial charge in [0.2, 0.25) is 0 Å². The van der Waals surface area contributed by atoms with Gasteiger partial charge < -0.3 is 20.4 Å². The van der Waals surface area contributed by atoms with E-state index in [9.17, 15) is 19.1 Å². The normalized spacial score (nSPS) is 21.8. The Labute approximate surface area is 114 Å². The number of urea groups is 1. The largest absolute Gasteiger partial charge is 0.480 e. The van der Waals surface area contributed by atoms with E-state index in [0.29, 0.717) is 5.56 Å². The Kier molecular flexibility index (Phi) is 4.19. The van der Waals surface area contributed by atoms with Crippen molar-refractivity contribution in [2.24, 2.45) is 0 Å². The minimum atomic E-state index is -1.16. The number of benzene rings is 1. The fourth-order valence-corrected chi connectivity index (χ4v) is 2.19. The van der Waals surface area contributed by atoms with Gasteiger partial charge in [0.15, 0.2) is 0 Å². The predicted octanol–water partition coefficient (Wildman–Crippen LogP) is 0.555. The standard InChI is InChI=1S/C13H15FN2O4/c14-10-4-2-1-3-8(10)6-15-13(20)16-7-9(17)5-11(16)12(18)19/h1-4,9,11,17H,5-7H2,(H,15,20)(H,18,19)/t9-,11-/m0/s1. The molecule has 1 fully saturated rings. The highest BCUT2D eigenvalue weighted by Gasteiger charge is 2.38. The molecule has 6 nitrogen and oxygen atoms in total. The number of aliphatic hydroxyl groups excluding tert-OH is 1. The molecule has 1 aromatic rings. The van der Waals surface area contributed by atoms with Gasteiger partial charge in [0.25, 0.3) is 0 Å². The van der Waals surface area contributed by atoms with E-state index in [-0.39, 0.29) is 19.5 Å². The first-order valence-electron chi connectivity index (χ1n) is 6.17. The SMILES string of the molecule is O=C(O)[C@@H]1C[C@H](O)CN1C(=O)NCc1ccccc1F. The number of hydrogen-bond donors (Lipinski definition) is 3. The van der Waals surface area contributed by atoms with E-state index in [1.165, 1.54) is 18.2 Å². The summed E-state index contributed by atoms with van der Waals surface area (Å²) in [5.41, 5.74) is 0.312. The third-order valence-corrected chi connectivity index (χ3v) is 3.21. The van der Waals surface area contributed by atoms with Crippen LogP contribution in [0.4, 0.5) is 9.18 Å². The van der Waals surface area contributed by atoms with Crippen LogP contribution < -0.4 is 5.32 Å². The first kappa shape index (κ1) is 14.3.